The predicted molar refractivity (Wildman–Crippen MR) is 100 cm³/mol. The van der Waals surface area contributed by atoms with E-state index < -0.39 is 11.5 Å². The molecular weight excluding hydrogens is 362 g/mol. The molecule has 2 heterocycles. The highest BCUT2D eigenvalue weighted by Crippen LogP contribution is 2.25. The molecule has 0 saturated heterocycles. The van der Waals surface area contributed by atoms with E-state index in [-0.39, 0.29) is 17.0 Å². The van der Waals surface area contributed by atoms with Crippen LogP contribution in [0.15, 0.2) is 59.0 Å². The third kappa shape index (κ3) is 3.68. The average Bonchev–Trinajstić information content (AvgIpc) is 2.73. The molecule has 0 amide bonds. The molecule has 0 saturated carbocycles. The van der Waals surface area contributed by atoms with Crippen LogP contribution in [-0.2, 0) is 9.53 Å². The summed E-state index contributed by atoms with van der Waals surface area (Å²) in [4.78, 5) is 29.0. The molecule has 0 unspecified atom stereocenters. The van der Waals surface area contributed by atoms with Crippen molar-refractivity contribution in [3.63, 3.8) is 0 Å². The standard InChI is InChI=1S/C20H15N3O5/c1-26-14-6-8-15(9-7-14)28-18-16(11-13(12-21)20(25)27-2)19(24)23-10-4-3-5-17(23)22-18/h3-11H,1-2H3. The second kappa shape index (κ2) is 8.05. The normalized spacial score (nSPS) is 11.0. The molecule has 3 rings (SSSR count). The van der Waals surface area contributed by atoms with Crippen molar-refractivity contribution >= 4 is 17.7 Å². The molecule has 0 atom stereocenters. The van der Waals surface area contributed by atoms with Crippen LogP contribution in [0.2, 0.25) is 0 Å². The predicted octanol–water partition coefficient (Wildman–Crippen LogP) is 2.58. The van der Waals surface area contributed by atoms with Gasteiger partial charge in [0.1, 0.15) is 34.4 Å². The molecule has 8 heteroatoms. The molecular formula is C20H15N3O5. The molecule has 0 aliphatic carbocycles. The lowest BCUT2D eigenvalue weighted by Gasteiger charge is -2.10. The quantitative estimate of drug-likeness (QED) is 0.382. The van der Waals surface area contributed by atoms with Gasteiger partial charge in [-0.3, -0.25) is 9.20 Å². The number of hydrogen-bond acceptors (Lipinski definition) is 7. The average molecular weight is 377 g/mol. The Morgan fingerprint density at radius 1 is 1.14 bits per heavy atom. The maximum Gasteiger partial charge on any atom is 0.348 e. The van der Waals surface area contributed by atoms with E-state index in [9.17, 15) is 14.9 Å². The minimum absolute atomic E-state index is 0.0435. The Morgan fingerprint density at radius 2 is 1.86 bits per heavy atom. The lowest BCUT2D eigenvalue weighted by Crippen LogP contribution is -2.19. The first-order valence-corrected chi connectivity index (χ1v) is 8.10. The van der Waals surface area contributed by atoms with E-state index >= 15 is 0 Å². The van der Waals surface area contributed by atoms with Gasteiger partial charge in [-0.05, 0) is 42.5 Å². The molecule has 0 bridgehead atoms. The van der Waals surface area contributed by atoms with E-state index in [0.29, 0.717) is 17.1 Å². The number of fused-ring (bicyclic) bond motifs is 1. The zero-order valence-electron chi connectivity index (χ0n) is 15.1. The SMILES string of the molecule is COC(=O)C(C#N)=Cc1c(Oc2ccc(OC)cc2)nc2ccccn2c1=O. The second-order valence-electron chi connectivity index (χ2n) is 5.50. The van der Waals surface area contributed by atoms with Crippen LogP contribution in [0.25, 0.3) is 11.7 Å². The van der Waals surface area contributed by atoms with E-state index in [0.717, 1.165) is 13.2 Å². The van der Waals surface area contributed by atoms with E-state index in [2.05, 4.69) is 9.72 Å². The van der Waals surface area contributed by atoms with Gasteiger partial charge in [-0.15, -0.1) is 0 Å². The Morgan fingerprint density at radius 3 is 2.50 bits per heavy atom. The van der Waals surface area contributed by atoms with Gasteiger partial charge in [0.25, 0.3) is 5.56 Å². The third-order valence-electron chi connectivity index (χ3n) is 3.82. The summed E-state index contributed by atoms with van der Waals surface area (Å²) in [7, 11) is 2.69. The van der Waals surface area contributed by atoms with E-state index in [1.165, 1.54) is 10.6 Å². The van der Waals surface area contributed by atoms with Crippen molar-refractivity contribution in [2.75, 3.05) is 14.2 Å². The van der Waals surface area contributed by atoms with Crippen LogP contribution in [0.4, 0.5) is 0 Å². The van der Waals surface area contributed by atoms with Gasteiger partial charge < -0.3 is 14.2 Å². The first-order chi connectivity index (χ1) is 13.6. The van der Waals surface area contributed by atoms with Crippen molar-refractivity contribution in [2.24, 2.45) is 0 Å². The molecule has 140 valence electrons. The fourth-order valence-electron chi connectivity index (χ4n) is 2.43. The van der Waals surface area contributed by atoms with Crippen LogP contribution in [0.1, 0.15) is 5.56 Å². The zero-order valence-corrected chi connectivity index (χ0v) is 15.1. The molecule has 0 fully saturated rings. The van der Waals surface area contributed by atoms with Crippen molar-refractivity contribution in [1.82, 2.24) is 9.38 Å². The number of rotatable bonds is 5. The van der Waals surface area contributed by atoms with Gasteiger partial charge in [-0.25, -0.2) is 4.79 Å². The smallest absolute Gasteiger partial charge is 0.348 e. The fourth-order valence-corrected chi connectivity index (χ4v) is 2.43. The Hall–Kier alpha value is -4.12. The number of nitriles is 1. The summed E-state index contributed by atoms with van der Waals surface area (Å²) in [5.41, 5.74) is -0.547. The number of benzene rings is 1. The molecule has 0 radical (unpaired) electrons. The molecule has 1 aromatic carbocycles. The summed E-state index contributed by atoms with van der Waals surface area (Å²) in [5, 5.41) is 9.23. The van der Waals surface area contributed by atoms with Gasteiger partial charge >= 0.3 is 5.97 Å². The van der Waals surface area contributed by atoms with E-state index in [1.807, 2.05) is 0 Å². The van der Waals surface area contributed by atoms with Gasteiger partial charge in [0.2, 0.25) is 5.88 Å². The molecule has 3 aromatic rings. The first-order valence-electron chi connectivity index (χ1n) is 8.10. The number of pyridine rings is 1. The highest BCUT2D eigenvalue weighted by molar-refractivity contribution is 5.98. The van der Waals surface area contributed by atoms with Gasteiger partial charge in [0, 0.05) is 6.20 Å². The Balaban J connectivity index is 2.19. The van der Waals surface area contributed by atoms with Crippen LogP contribution >= 0.6 is 0 Å². The third-order valence-corrected chi connectivity index (χ3v) is 3.82. The van der Waals surface area contributed by atoms with Crippen LogP contribution in [-0.4, -0.2) is 29.6 Å². The van der Waals surface area contributed by atoms with Crippen LogP contribution < -0.4 is 15.0 Å². The summed E-state index contributed by atoms with van der Waals surface area (Å²) in [6, 6.07) is 13.4. The summed E-state index contributed by atoms with van der Waals surface area (Å²) in [6.45, 7) is 0. The van der Waals surface area contributed by atoms with Crippen LogP contribution in [0.5, 0.6) is 17.4 Å². The number of aromatic nitrogens is 2. The largest absolute Gasteiger partial charge is 0.497 e. The van der Waals surface area contributed by atoms with E-state index in [4.69, 9.17) is 9.47 Å². The first kappa shape index (κ1) is 18.7. The molecule has 0 spiro atoms. The Kier molecular flexibility index (Phi) is 5.37. The minimum atomic E-state index is -0.865. The Labute approximate surface area is 159 Å². The molecule has 2 aromatic heterocycles. The van der Waals surface area contributed by atoms with Crippen molar-refractivity contribution < 1.29 is 19.0 Å². The molecule has 0 aliphatic rings. The second-order valence-corrected chi connectivity index (χ2v) is 5.50. The fraction of sp³-hybridized carbons (Fsp3) is 0.100. The number of carbonyl (C=O) groups is 1. The summed E-state index contributed by atoms with van der Waals surface area (Å²) in [5.74, 6) is 0.129. The highest BCUT2D eigenvalue weighted by Gasteiger charge is 2.17. The molecule has 0 aliphatic heterocycles. The number of nitrogens with zero attached hydrogens (tertiary/aromatic N) is 3. The number of hydrogen-bond donors (Lipinski definition) is 0. The molecule has 0 N–H and O–H groups in total. The van der Waals surface area contributed by atoms with Gasteiger partial charge in [0.05, 0.1) is 14.2 Å². The van der Waals surface area contributed by atoms with Gasteiger partial charge in [-0.1, -0.05) is 6.07 Å². The molecule has 28 heavy (non-hydrogen) atoms. The number of esters is 1. The molecule has 8 nitrogen and oxygen atoms in total. The van der Waals surface area contributed by atoms with Crippen molar-refractivity contribution in [1.29, 1.82) is 5.26 Å². The van der Waals surface area contributed by atoms with Crippen molar-refractivity contribution in [3.05, 3.63) is 70.2 Å². The van der Waals surface area contributed by atoms with Crippen molar-refractivity contribution in [2.45, 2.75) is 0 Å². The maximum absolute atomic E-state index is 12.9. The lowest BCUT2D eigenvalue weighted by molar-refractivity contribution is -0.135. The highest BCUT2D eigenvalue weighted by atomic mass is 16.5. The number of carbonyl (C=O) groups excluding carboxylic acids is 1. The summed E-state index contributed by atoms with van der Waals surface area (Å²) < 4.78 is 16.7. The lowest BCUT2D eigenvalue weighted by atomic mass is 10.2. The monoisotopic (exact) mass is 377 g/mol. The zero-order chi connectivity index (χ0) is 20.1. The van der Waals surface area contributed by atoms with E-state index in [1.54, 1.807) is 55.6 Å². The van der Waals surface area contributed by atoms with Crippen LogP contribution in [0, 0.1) is 11.3 Å². The Bertz CT molecular complexity index is 1160. The van der Waals surface area contributed by atoms with Crippen molar-refractivity contribution in [3.8, 4) is 23.4 Å². The maximum atomic E-state index is 12.9. The minimum Gasteiger partial charge on any atom is -0.497 e. The summed E-state index contributed by atoms with van der Waals surface area (Å²) >= 11 is 0. The van der Waals surface area contributed by atoms with Gasteiger partial charge in [0.15, 0.2) is 0 Å². The van der Waals surface area contributed by atoms with Crippen LogP contribution in [0.3, 0.4) is 0 Å². The number of ether oxygens (including phenoxy) is 3. The summed E-state index contributed by atoms with van der Waals surface area (Å²) in [6.07, 6.45) is 2.64. The number of methoxy groups -OCH3 is 2. The topological polar surface area (TPSA) is 103 Å². The van der Waals surface area contributed by atoms with Gasteiger partial charge in [-0.2, -0.15) is 10.2 Å².